The van der Waals surface area contributed by atoms with Crippen LogP contribution < -0.4 is 5.32 Å². The van der Waals surface area contributed by atoms with Crippen molar-refractivity contribution < 1.29 is 5.11 Å². The minimum Gasteiger partial charge on any atom is -0.508 e. The fourth-order valence-corrected chi connectivity index (χ4v) is 1.80. The van der Waals surface area contributed by atoms with Crippen LogP contribution in [0.1, 0.15) is 36.7 Å². The molecule has 0 aliphatic carbocycles. The monoisotopic (exact) mass is 257 g/mol. The fourth-order valence-electron chi connectivity index (χ4n) is 1.80. The normalized spacial score (nSPS) is 10.7. The molecule has 0 bridgehead atoms. The molecular formula is C15H19N3O. The molecule has 2 aromatic rings. The summed E-state index contributed by atoms with van der Waals surface area (Å²) in [6, 6.07) is 9.25. The van der Waals surface area contributed by atoms with E-state index in [0.29, 0.717) is 18.4 Å². The Hall–Kier alpha value is -2.10. The molecule has 1 aromatic heterocycles. The van der Waals surface area contributed by atoms with Gasteiger partial charge in [0.15, 0.2) is 0 Å². The van der Waals surface area contributed by atoms with E-state index in [0.717, 1.165) is 17.0 Å². The quantitative estimate of drug-likeness (QED) is 0.883. The summed E-state index contributed by atoms with van der Waals surface area (Å²) in [7, 11) is 0. The molecule has 0 aliphatic rings. The molecular weight excluding hydrogens is 238 g/mol. The molecule has 0 atom stereocenters. The van der Waals surface area contributed by atoms with Gasteiger partial charge in [-0.25, -0.2) is 9.97 Å². The first kappa shape index (κ1) is 13.3. The number of aryl methyl sites for hydroxylation is 1. The Kier molecular flexibility index (Phi) is 4.00. The molecule has 0 amide bonds. The van der Waals surface area contributed by atoms with Crippen molar-refractivity contribution in [1.29, 1.82) is 0 Å². The summed E-state index contributed by atoms with van der Waals surface area (Å²) in [5.74, 6) is 1.26. The van der Waals surface area contributed by atoms with Gasteiger partial charge in [0.1, 0.15) is 5.75 Å². The highest BCUT2D eigenvalue weighted by molar-refractivity contribution is 5.36. The summed E-state index contributed by atoms with van der Waals surface area (Å²) < 4.78 is 0. The number of hydrogen-bond acceptors (Lipinski definition) is 4. The Morgan fingerprint density at radius 3 is 2.63 bits per heavy atom. The van der Waals surface area contributed by atoms with Gasteiger partial charge in [-0.3, -0.25) is 0 Å². The number of aromatic hydroxyl groups is 1. The molecule has 0 aliphatic heterocycles. The third-order valence-corrected chi connectivity index (χ3v) is 2.89. The minimum atomic E-state index is 0.284. The zero-order chi connectivity index (χ0) is 13.8. The third-order valence-electron chi connectivity index (χ3n) is 2.89. The maximum absolute atomic E-state index is 9.71. The summed E-state index contributed by atoms with van der Waals surface area (Å²) in [5, 5.41) is 12.9. The molecule has 0 unspecified atom stereocenters. The zero-order valence-corrected chi connectivity index (χ0v) is 11.5. The van der Waals surface area contributed by atoms with Gasteiger partial charge >= 0.3 is 0 Å². The summed E-state index contributed by atoms with van der Waals surface area (Å²) in [6.45, 7) is 6.68. The van der Waals surface area contributed by atoms with Gasteiger partial charge in [0, 0.05) is 23.5 Å². The summed E-state index contributed by atoms with van der Waals surface area (Å²) >= 11 is 0. The van der Waals surface area contributed by atoms with Crippen LogP contribution in [0.3, 0.4) is 0 Å². The van der Waals surface area contributed by atoms with E-state index >= 15 is 0 Å². The number of phenols is 1. The molecule has 0 radical (unpaired) electrons. The highest BCUT2D eigenvalue weighted by Gasteiger charge is 2.06. The molecule has 1 heterocycles. The van der Waals surface area contributed by atoms with E-state index in [2.05, 4.69) is 29.1 Å². The van der Waals surface area contributed by atoms with Gasteiger partial charge in [-0.05, 0) is 25.0 Å². The molecule has 2 N–H and O–H groups in total. The number of phenolic OH excluding ortho intramolecular Hbond substituents is 1. The Morgan fingerprint density at radius 1 is 1.21 bits per heavy atom. The average molecular weight is 257 g/mol. The van der Waals surface area contributed by atoms with Crippen molar-refractivity contribution in [1.82, 2.24) is 9.97 Å². The van der Waals surface area contributed by atoms with E-state index in [9.17, 15) is 5.11 Å². The third kappa shape index (κ3) is 3.44. The first-order valence-corrected chi connectivity index (χ1v) is 6.42. The van der Waals surface area contributed by atoms with Gasteiger partial charge in [0.2, 0.25) is 5.95 Å². The molecule has 19 heavy (non-hydrogen) atoms. The van der Waals surface area contributed by atoms with Crippen molar-refractivity contribution in [3.8, 4) is 5.75 Å². The minimum absolute atomic E-state index is 0.284. The van der Waals surface area contributed by atoms with Crippen LogP contribution >= 0.6 is 0 Å². The lowest BCUT2D eigenvalue weighted by molar-refractivity contribution is 0.469. The fraction of sp³-hybridized carbons (Fsp3) is 0.333. The maximum atomic E-state index is 9.71. The van der Waals surface area contributed by atoms with E-state index in [1.165, 1.54) is 0 Å². The lowest BCUT2D eigenvalue weighted by atomic mass is 10.1. The number of para-hydroxylation sites is 1. The molecule has 1 aromatic carbocycles. The first-order valence-electron chi connectivity index (χ1n) is 6.42. The number of rotatable bonds is 4. The van der Waals surface area contributed by atoms with Crippen LogP contribution in [-0.4, -0.2) is 15.1 Å². The molecule has 100 valence electrons. The number of hydrogen-bond donors (Lipinski definition) is 2. The molecule has 4 nitrogen and oxygen atoms in total. The topological polar surface area (TPSA) is 58.0 Å². The maximum Gasteiger partial charge on any atom is 0.223 e. The van der Waals surface area contributed by atoms with Crippen molar-refractivity contribution in [2.24, 2.45) is 0 Å². The zero-order valence-electron chi connectivity index (χ0n) is 11.5. The van der Waals surface area contributed by atoms with E-state index in [1.807, 2.05) is 25.1 Å². The first-order chi connectivity index (χ1) is 9.06. The molecule has 4 heteroatoms. The van der Waals surface area contributed by atoms with E-state index in [1.54, 1.807) is 12.1 Å². The highest BCUT2D eigenvalue weighted by Crippen LogP contribution is 2.18. The van der Waals surface area contributed by atoms with Crippen molar-refractivity contribution in [3.63, 3.8) is 0 Å². The number of aromatic nitrogens is 2. The molecule has 2 rings (SSSR count). The highest BCUT2D eigenvalue weighted by atomic mass is 16.3. The predicted molar refractivity (Wildman–Crippen MR) is 76.3 cm³/mol. The van der Waals surface area contributed by atoms with Gasteiger partial charge in [0.05, 0.1) is 0 Å². The number of anilines is 1. The van der Waals surface area contributed by atoms with Crippen molar-refractivity contribution in [2.45, 2.75) is 33.2 Å². The molecule has 0 fully saturated rings. The second kappa shape index (κ2) is 5.69. The van der Waals surface area contributed by atoms with Gasteiger partial charge < -0.3 is 10.4 Å². The average Bonchev–Trinajstić information content (AvgIpc) is 2.37. The second-order valence-corrected chi connectivity index (χ2v) is 4.89. The smallest absolute Gasteiger partial charge is 0.223 e. The van der Waals surface area contributed by atoms with Crippen LogP contribution in [0.25, 0.3) is 0 Å². The van der Waals surface area contributed by atoms with Crippen molar-refractivity contribution in [3.05, 3.63) is 47.3 Å². The van der Waals surface area contributed by atoms with Crippen LogP contribution in [0.2, 0.25) is 0 Å². The standard InChI is InChI=1S/C15H19N3O/c1-10(2)13-8-11(3)17-15(18-13)16-9-12-6-4-5-7-14(12)19/h4-8,10,19H,9H2,1-3H3,(H,16,17,18). The van der Waals surface area contributed by atoms with Crippen LogP contribution in [0, 0.1) is 6.92 Å². The van der Waals surface area contributed by atoms with Crippen LogP contribution in [0.5, 0.6) is 5.75 Å². The summed E-state index contributed by atoms with van der Waals surface area (Å²) in [4.78, 5) is 8.83. The Labute approximate surface area is 113 Å². The summed E-state index contributed by atoms with van der Waals surface area (Å²) in [5.41, 5.74) is 2.80. The number of nitrogens with zero attached hydrogens (tertiary/aromatic N) is 2. The predicted octanol–water partition coefficient (Wildman–Crippen LogP) is 3.23. The largest absolute Gasteiger partial charge is 0.508 e. The number of nitrogens with one attached hydrogen (secondary N) is 1. The van der Waals surface area contributed by atoms with E-state index in [-0.39, 0.29) is 5.75 Å². The van der Waals surface area contributed by atoms with E-state index in [4.69, 9.17) is 0 Å². The lowest BCUT2D eigenvalue weighted by Gasteiger charge is -2.10. The Bertz CT molecular complexity index is 567. The van der Waals surface area contributed by atoms with Crippen LogP contribution in [0.15, 0.2) is 30.3 Å². The van der Waals surface area contributed by atoms with Gasteiger partial charge in [-0.2, -0.15) is 0 Å². The van der Waals surface area contributed by atoms with Crippen molar-refractivity contribution >= 4 is 5.95 Å². The lowest BCUT2D eigenvalue weighted by Crippen LogP contribution is -2.07. The Morgan fingerprint density at radius 2 is 1.95 bits per heavy atom. The van der Waals surface area contributed by atoms with Gasteiger partial charge in [-0.15, -0.1) is 0 Å². The SMILES string of the molecule is Cc1cc(C(C)C)nc(NCc2ccccc2O)n1. The van der Waals surface area contributed by atoms with E-state index < -0.39 is 0 Å². The molecule has 0 saturated carbocycles. The van der Waals surface area contributed by atoms with Crippen LogP contribution in [-0.2, 0) is 6.54 Å². The molecule has 0 saturated heterocycles. The van der Waals surface area contributed by atoms with Gasteiger partial charge in [-0.1, -0.05) is 32.0 Å². The van der Waals surface area contributed by atoms with Crippen molar-refractivity contribution in [2.75, 3.05) is 5.32 Å². The second-order valence-electron chi connectivity index (χ2n) is 4.89. The number of benzene rings is 1. The van der Waals surface area contributed by atoms with Gasteiger partial charge in [0.25, 0.3) is 0 Å². The van der Waals surface area contributed by atoms with Crippen LogP contribution in [0.4, 0.5) is 5.95 Å². The Balaban J connectivity index is 2.14. The summed E-state index contributed by atoms with van der Waals surface area (Å²) in [6.07, 6.45) is 0. The molecule has 0 spiro atoms.